The average Bonchev–Trinajstić information content (AvgIpc) is 0.811. The molecule has 0 aliphatic carbocycles. The van der Waals surface area contributed by atoms with Gasteiger partial charge in [-0.1, -0.05) is 0 Å². The minimum absolute atomic E-state index is 0. The molecule has 0 amide bonds. The molecule has 0 spiro atoms. The fraction of sp³-hybridized carbons (Fsp3) is 0. The summed E-state index contributed by atoms with van der Waals surface area (Å²) in [5, 5.41) is 21.5. The van der Waals surface area contributed by atoms with Crippen LogP contribution in [0.3, 0.4) is 0 Å². The van der Waals surface area contributed by atoms with Crippen molar-refractivity contribution in [3.63, 3.8) is 0 Å². The Labute approximate surface area is 98.0 Å². The summed E-state index contributed by atoms with van der Waals surface area (Å²) in [4.78, 5) is 0. The number of hydrogen-bond acceptors (Lipinski definition) is 3. The van der Waals surface area contributed by atoms with E-state index >= 15 is 0 Å². The summed E-state index contributed by atoms with van der Waals surface area (Å²) in [5.74, 6) is 0. The summed E-state index contributed by atoms with van der Waals surface area (Å²) in [6.45, 7) is 0. The van der Waals surface area contributed by atoms with Gasteiger partial charge in [0.05, 0.1) is 0 Å². The molecule has 6 heavy (non-hydrogen) atoms. The van der Waals surface area contributed by atoms with E-state index in [9.17, 15) is 0 Å². The molecule has 0 radical (unpaired) electrons. The molecule has 0 saturated heterocycles. The Kier molecular flexibility index (Phi) is 27.7. The van der Waals surface area contributed by atoms with Crippen molar-refractivity contribution >= 4 is 45.1 Å². The van der Waals surface area contributed by atoms with Crippen molar-refractivity contribution in [1.29, 1.82) is 0 Å². The average molecular weight is 261 g/mol. The second kappa shape index (κ2) is 10.5. The normalized spacial score (nSPS) is 4.50. The zero-order valence-electron chi connectivity index (χ0n) is 2.27. The van der Waals surface area contributed by atoms with E-state index in [1.165, 1.54) is 0 Å². The maximum atomic E-state index is 7.17. The second-order valence-electron chi connectivity index (χ2n) is 0.346. The first kappa shape index (κ1) is 15.8. The van der Waals surface area contributed by atoms with Crippen LogP contribution in [0.4, 0.5) is 0 Å². The molecular formula is H5BCaGdO3. The van der Waals surface area contributed by atoms with Crippen LogP contribution in [0, 0.1) is 39.9 Å². The van der Waals surface area contributed by atoms with E-state index in [1.54, 1.807) is 0 Å². The third-order valence-electron chi connectivity index (χ3n) is 0. The minimum Gasteiger partial charge on any atom is 0 e. The Morgan fingerprint density at radius 1 is 1.00 bits per heavy atom. The van der Waals surface area contributed by atoms with Crippen molar-refractivity contribution in [3.05, 3.63) is 0 Å². The van der Waals surface area contributed by atoms with Crippen LogP contribution in [0.5, 0.6) is 0 Å². The van der Waals surface area contributed by atoms with Gasteiger partial charge in [0.1, 0.15) is 0 Å². The first-order valence-electron chi connectivity index (χ1n) is 0.775. The SMILES string of the molecule is OB(O)O.[CaH2].[Gd]. The van der Waals surface area contributed by atoms with E-state index in [0.29, 0.717) is 0 Å². The first-order valence-corrected chi connectivity index (χ1v) is 0.775. The van der Waals surface area contributed by atoms with Crippen molar-refractivity contribution in [2.75, 3.05) is 0 Å². The van der Waals surface area contributed by atoms with Crippen LogP contribution in [0.15, 0.2) is 0 Å². The van der Waals surface area contributed by atoms with Gasteiger partial charge in [-0.25, -0.2) is 0 Å². The van der Waals surface area contributed by atoms with E-state index in [0.717, 1.165) is 0 Å². The molecule has 0 heterocycles. The Balaban J connectivity index is -0.0000000450. The summed E-state index contributed by atoms with van der Waals surface area (Å²) < 4.78 is 0. The van der Waals surface area contributed by atoms with Crippen LogP contribution in [0.25, 0.3) is 0 Å². The smallest absolute Gasteiger partial charge is 0 e. The van der Waals surface area contributed by atoms with Crippen LogP contribution in [0.2, 0.25) is 0 Å². The molecule has 0 aromatic rings. The summed E-state index contributed by atoms with van der Waals surface area (Å²) in [6, 6.07) is 0. The van der Waals surface area contributed by atoms with Gasteiger partial charge in [-0.15, -0.1) is 0 Å². The molecule has 0 atom stereocenters. The molecule has 0 bridgehead atoms. The van der Waals surface area contributed by atoms with Crippen molar-refractivity contribution in [3.8, 4) is 0 Å². The molecule has 0 unspecified atom stereocenters. The van der Waals surface area contributed by atoms with Crippen LogP contribution in [-0.4, -0.2) is 60.1 Å². The van der Waals surface area contributed by atoms with Crippen molar-refractivity contribution in [2.45, 2.75) is 0 Å². The molecule has 0 fully saturated rings. The van der Waals surface area contributed by atoms with Crippen molar-refractivity contribution in [2.24, 2.45) is 0 Å². The Morgan fingerprint density at radius 2 is 1.00 bits per heavy atom. The van der Waals surface area contributed by atoms with Gasteiger partial charge in [-0.05, 0) is 0 Å². The molecule has 0 aliphatic heterocycles. The van der Waals surface area contributed by atoms with Gasteiger partial charge in [0, 0.05) is 39.9 Å². The predicted octanol–water partition coefficient (Wildman–Crippen LogP) is -2.97. The van der Waals surface area contributed by atoms with Crippen LogP contribution in [0.1, 0.15) is 0 Å². The zero-order chi connectivity index (χ0) is 3.58. The van der Waals surface area contributed by atoms with Crippen LogP contribution >= 0.6 is 0 Å². The zero-order valence-corrected chi connectivity index (χ0v) is 4.54. The van der Waals surface area contributed by atoms with Crippen LogP contribution in [-0.2, 0) is 0 Å². The van der Waals surface area contributed by atoms with Gasteiger partial charge >= 0.3 is 45.1 Å². The van der Waals surface area contributed by atoms with E-state index in [1.807, 2.05) is 0 Å². The molecule has 0 aromatic carbocycles. The monoisotopic (exact) mass is 262 g/mol. The Hall–Kier alpha value is 2.53. The van der Waals surface area contributed by atoms with E-state index in [4.69, 9.17) is 15.1 Å². The second-order valence-corrected chi connectivity index (χ2v) is 0.346. The molecule has 0 aromatic heterocycles. The molecule has 0 rings (SSSR count). The first-order chi connectivity index (χ1) is 1.73. The fourth-order valence-corrected chi connectivity index (χ4v) is 0. The van der Waals surface area contributed by atoms with E-state index in [2.05, 4.69) is 0 Å². The summed E-state index contributed by atoms with van der Waals surface area (Å²) in [6.07, 6.45) is 0. The van der Waals surface area contributed by atoms with Gasteiger partial charge in [0.15, 0.2) is 0 Å². The Morgan fingerprint density at radius 3 is 1.00 bits per heavy atom. The maximum Gasteiger partial charge on any atom is 0 e. The van der Waals surface area contributed by atoms with Gasteiger partial charge in [0.2, 0.25) is 0 Å². The van der Waals surface area contributed by atoms with E-state index in [-0.39, 0.29) is 77.7 Å². The van der Waals surface area contributed by atoms with Gasteiger partial charge in [-0.3, -0.25) is 0 Å². The molecule has 3 nitrogen and oxygen atoms in total. The topological polar surface area (TPSA) is 60.7 Å². The number of hydrogen-bond donors (Lipinski definition) is 3. The largest absolute Gasteiger partial charge is 0 e. The van der Waals surface area contributed by atoms with Gasteiger partial charge < -0.3 is 15.1 Å². The molecular weight excluding hydrogens is 256 g/mol. The third kappa shape index (κ3) is 31.2. The summed E-state index contributed by atoms with van der Waals surface area (Å²) in [5.41, 5.74) is 0. The Bertz CT molecular complexity index is 15.5. The predicted molar refractivity (Wildman–Crippen MR) is 21.0 cm³/mol. The molecule has 0 saturated carbocycles. The maximum absolute atomic E-state index is 7.17. The standard InChI is InChI=1S/BH3O3.Ca.Gd.2H/c2-1(3)4;;;;/h2-4H;;;;. The quantitative estimate of drug-likeness (QED) is 0.408. The molecule has 6 heteroatoms. The van der Waals surface area contributed by atoms with Crippen molar-refractivity contribution in [1.82, 2.24) is 0 Å². The van der Waals surface area contributed by atoms with Gasteiger partial charge in [0.25, 0.3) is 0 Å². The van der Waals surface area contributed by atoms with Crippen LogP contribution < -0.4 is 0 Å². The molecule has 0 aliphatic rings. The van der Waals surface area contributed by atoms with Gasteiger partial charge in [-0.2, -0.15) is 0 Å². The van der Waals surface area contributed by atoms with E-state index < -0.39 is 7.32 Å². The fourth-order valence-electron chi connectivity index (χ4n) is 0. The summed E-state index contributed by atoms with van der Waals surface area (Å²) in [7, 11) is -2.17. The minimum atomic E-state index is -2.17. The van der Waals surface area contributed by atoms with Crippen molar-refractivity contribution < 1.29 is 55.0 Å². The third-order valence-corrected chi connectivity index (χ3v) is 0. The summed E-state index contributed by atoms with van der Waals surface area (Å²) >= 11 is 0. The number of rotatable bonds is 0. The molecule has 3 N–H and O–H groups in total. The molecule has 36 valence electrons.